The molecule has 0 spiro atoms. The maximum absolute atomic E-state index is 14.4. The predicted molar refractivity (Wildman–Crippen MR) is 93.6 cm³/mol. The molecule has 3 rings (SSSR count). The first kappa shape index (κ1) is 18.4. The molecule has 136 valence electrons. The van der Waals surface area contributed by atoms with Crippen molar-refractivity contribution in [2.75, 3.05) is 5.75 Å². The summed E-state index contributed by atoms with van der Waals surface area (Å²) in [6.45, 7) is 3.34. The minimum atomic E-state index is -4.34. The van der Waals surface area contributed by atoms with Crippen LogP contribution in [0.1, 0.15) is 11.1 Å². The molecule has 0 fully saturated rings. The number of aryl methyl sites for hydroxylation is 2. The van der Waals surface area contributed by atoms with Crippen molar-refractivity contribution in [1.82, 2.24) is 9.55 Å². The summed E-state index contributed by atoms with van der Waals surface area (Å²) < 4.78 is 52.9. The van der Waals surface area contributed by atoms with Gasteiger partial charge in [-0.05, 0) is 43.7 Å². The van der Waals surface area contributed by atoms with Gasteiger partial charge in [0.05, 0.1) is 22.3 Å². The Hall–Kier alpha value is -2.35. The van der Waals surface area contributed by atoms with E-state index >= 15 is 0 Å². The molecule has 2 aromatic carbocycles. The van der Waals surface area contributed by atoms with E-state index in [1.54, 1.807) is 18.2 Å². The second-order valence-electron chi connectivity index (χ2n) is 5.91. The Morgan fingerprint density at radius 2 is 1.88 bits per heavy atom. The molecule has 0 atom stereocenters. The Bertz CT molecular complexity index is 1040. The second-order valence-corrected chi connectivity index (χ2v) is 6.93. The van der Waals surface area contributed by atoms with Crippen LogP contribution in [0.2, 0.25) is 0 Å². The van der Waals surface area contributed by atoms with Crippen LogP contribution in [0.25, 0.3) is 16.6 Å². The highest BCUT2D eigenvalue weighted by Crippen LogP contribution is 2.31. The molecule has 3 aromatic rings. The summed E-state index contributed by atoms with van der Waals surface area (Å²) in [7, 11) is 0. The highest BCUT2D eigenvalue weighted by atomic mass is 32.2. The van der Waals surface area contributed by atoms with Gasteiger partial charge in [-0.3, -0.25) is 9.36 Å². The molecule has 0 amide bonds. The summed E-state index contributed by atoms with van der Waals surface area (Å²) >= 11 is 0.556. The molecular weight excluding hydrogens is 368 g/mol. The van der Waals surface area contributed by atoms with E-state index in [0.717, 1.165) is 16.2 Å². The Morgan fingerprint density at radius 3 is 2.58 bits per heavy atom. The van der Waals surface area contributed by atoms with Crippen LogP contribution in [0.15, 0.2) is 46.3 Å². The minimum Gasteiger partial charge on any atom is -0.268 e. The molecule has 0 saturated heterocycles. The van der Waals surface area contributed by atoms with Crippen LogP contribution < -0.4 is 5.56 Å². The molecule has 0 aliphatic carbocycles. The van der Waals surface area contributed by atoms with Gasteiger partial charge in [-0.1, -0.05) is 11.6 Å². The van der Waals surface area contributed by atoms with E-state index < -0.39 is 23.3 Å². The van der Waals surface area contributed by atoms with E-state index in [1.165, 1.54) is 19.3 Å². The predicted octanol–water partition coefficient (Wildman–Crippen LogP) is 4.80. The summed E-state index contributed by atoms with van der Waals surface area (Å²) in [5, 5.41) is 0.317. The molecule has 1 aromatic heterocycles. The average Bonchev–Trinajstić information content (AvgIpc) is 2.55. The van der Waals surface area contributed by atoms with Gasteiger partial charge in [0.25, 0.3) is 5.56 Å². The average molecular weight is 382 g/mol. The highest BCUT2D eigenvalue weighted by molar-refractivity contribution is 7.99. The lowest BCUT2D eigenvalue weighted by atomic mass is 10.1. The van der Waals surface area contributed by atoms with Crippen molar-refractivity contribution in [2.24, 2.45) is 0 Å². The van der Waals surface area contributed by atoms with Gasteiger partial charge in [-0.25, -0.2) is 9.37 Å². The third-order valence-electron chi connectivity index (χ3n) is 3.81. The number of halogens is 4. The Kier molecular flexibility index (Phi) is 4.79. The van der Waals surface area contributed by atoms with Crippen LogP contribution in [0.3, 0.4) is 0 Å². The van der Waals surface area contributed by atoms with Crippen molar-refractivity contribution >= 4 is 22.7 Å². The molecule has 8 heteroatoms. The molecule has 1 heterocycles. The number of aromatic nitrogens is 2. The summed E-state index contributed by atoms with van der Waals surface area (Å²) in [5.41, 5.74) is 1.09. The number of fused-ring (bicyclic) bond motifs is 1. The molecule has 26 heavy (non-hydrogen) atoms. The molecular formula is C18H14F4N2OS. The van der Waals surface area contributed by atoms with Crippen LogP contribution in [-0.4, -0.2) is 21.5 Å². The zero-order valence-corrected chi connectivity index (χ0v) is 14.7. The van der Waals surface area contributed by atoms with Crippen LogP contribution in [0, 0.1) is 19.7 Å². The maximum atomic E-state index is 14.4. The fraction of sp³-hybridized carbons (Fsp3) is 0.222. The minimum absolute atomic E-state index is 0.124. The lowest BCUT2D eigenvalue weighted by Gasteiger charge is -2.13. The van der Waals surface area contributed by atoms with Crippen molar-refractivity contribution < 1.29 is 17.6 Å². The summed E-state index contributed by atoms with van der Waals surface area (Å²) in [5.74, 6) is -1.79. The molecule has 0 N–H and O–H groups in total. The van der Waals surface area contributed by atoms with Crippen molar-refractivity contribution in [3.8, 4) is 5.69 Å². The zero-order valence-electron chi connectivity index (χ0n) is 13.9. The third-order valence-corrected chi connectivity index (χ3v) is 5.03. The van der Waals surface area contributed by atoms with Crippen molar-refractivity contribution in [2.45, 2.75) is 24.9 Å². The molecule has 0 unspecified atom stereocenters. The Balaban J connectivity index is 2.13. The smallest absolute Gasteiger partial charge is 0.268 e. The number of thioether (sulfide) groups is 1. The lowest BCUT2D eigenvalue weighted by Crippen LogP contribution is -2.20. The van der Waals surface area contributed by atoms with Gasteiger partial charge in [-0.2, -0.15) is 13.2 Å². The van der Waals surface area contributed by atoms with Gasteiger partial charge in [0.2, 0.25) is 0 Å². The number of benzene rings is 2. The molecule has 0 radical (unpaired) electrons. The quantitative estimate of drug-likeness (QED) is 0.482. The number of hydrogen-bond acceptors (Lipinski definition) is 3. The molecule has 0 bridgehead atoms. The molecule has 0 aliphatic rings. The van der Waals surface area contributed by atoms with E-state index in [2.05, 4.69) is 4.98 Å². The molecule has 3 nitrogen and oxygen atoms in total. The Morgan fingerprint density at radius 1 is 1.15 bits per heavy atom. The van der Waals surface area contributed by atoms with Crippen LogP contribution in [0.4, 0.5) is 17.6 Å². The number of rotatable bonds is 3. The SMILES string of the molecule is Cc1ccc2ncn(-c3cc(SCC(F)(F)F)c(C)cc3F)c(=O)c2c1. The van der Waals surface area contributed by atoms with Crippen LogP contribution in [-0.2, 0) is 0 Å². The third kappa shape index (κ3) is 3.75. The largest absolute Gasteiger partial charge is 0.398 e. The van der Waals surface area contributed by atoms with E-state index in [-0.39, 0.29) is 10.6 Å². The fourth-order valence-corrected chi connectivity index (χ4v) is 3.35. The van der Waals surface area contributed by atoms with E-state index in [4.69, 9.17) is 0 Å². The number of alkyl halides is 3. The van der Waals surface area contributed by atoms with Gasteiger partial charge in [0.1, 0.15) is 12.1 Å². The summed E-state index contributed by atoms with van der Waals surface area (Å²) in [6, 6.07) is 7.52. The summed E-state index contributed by atoms with van der Waals surface area (Å²) in [4.78, 5) is 17.1. The van der Waals surface area contributed by atoms with Gasteiger partial charge in [0.15, 0.2) is 0 Å². The monoisotopic (exact) mass is 382 g/mol. The Labute approximate surface area is 150 Å². The lowest BCUT2D eigenvalue weighted by molar-refractivity contribution is -0.105. The first-order chi connectivity index (χ1) is 12.2. The number of hydrogen-bond donors (Lipinski definition) is 0. The van der Waals surface area contributed by atoms with Crippen LogP contribution >= 0.6 is 11.8 Å². The first-order valence-electron chi connectivity index (χ1n) is 7.64. The van der Waals surface area contributed by atoms with E-state index in [1.807, 2.05) is 6.92 Å². The maximum Gasteiger partial charge on any atom is 0.398 e. The van der Waals surface area contributed by atoms with Gasteiger partial charge in [0, 0.05) is 4.90 Å². The zero-order chi connectivity index (χ0) is 19.1. The standard InChI is InChI=1S/C18H14F4N2OS/c1-10-3-4-14-12(5-10)17(25)24(9-23-14)15-7-16(11(2)6-13(15)19)26-8-18(20,21)22/h3-7,9H,8H2,1-2H3. The topological polar surface area (TPSA) is 34.9 Å². The molecule has 0 aliphatic heterocycles. The normalized spacial score (nSPS) is 11.9. The fourth-order valence-electron chi connectivity index (χ4n) is 2.55. The van der Waals surface area contributed by atoms with Crippen LogP contribution in [0.5, 0.6) is 0 Å². The van der Waals surface area contributed by atoms with Gasteiger partial charge in [-0.15, -0.1) is 11.8 Å². The van der Waals surface area contributed by atoms with Crippen molar-refractivity contribution in [1.29, 1.82) is 0 Å². The van der Waals surface area contributed by atoms with Gasteiger partial charge >= 0.3 is 6.18 Å². The first-order valence-corrected chi connectivity index (χ1v) is 8.62. The number of nitrogens with zero attached hydrogens (tertiary/aromatic N) is 2. The van der Waals surface area contributed by atoms with E-state index in [0.29, 0.717) is 28.2 Å². The van der Waals surface area contributed by atoms with Crippen molar-refractivity contribution in [3.05, 3.63) is 64.0 Å². The second kappa shape index (κ2) is 6.75. The summed E-state index contributed by atoms with van der Waals surface area (Å²) in [6.07, 6.45) is -3.16. The highest BCUT2D eigenvalue weighted by Gasteiger charge is 2.28. The van der Waals surface area contributed by atoms with E-state index in [9.17, 15) is 22.4 Å². The van der Waals surface area contributed by atoms with Gasteiger partial charge < -0.3 is 0 Å². The van der Waals surface area contributed by atoms with Crippen molar-refractivity contribution in [3.63, 3.8) is 0 Å². The molecule has 0 saturated carbocycles.